The smallest absolute Gasteiger partial charge is 0.306 e. The Balaban J connectivity index is 4.21. The number of terminal acetylenes is 1. The average molecular weight is 261 g/mol. The summed E-state index contributed by atoms with van der Waals surface area (Å²) in [5, 5.41) is 0. The molecule has 0 bridgehead atoms. The van der Waals surface area contributed by atoms with Crippen LogP contribution in [-0.2, 0) is 19.6 Å². The van der Waals surface area contributed by atoms with Gasteiger partial charge in [0.15, 0.2) is 0 Å². The lowest BCUT2D eigenvalue weighted by Gasteiger charge is -2.12. The van der Waals surface area contributed by atoms with Gasteiger partial charge in [0.1, 0.15) is 0 Å². The predicted molar refractivity (Wildman–Crippen MR) is 65.7 cm³/mol. The summed E-state index contributed by atoms with van der Waals surface area (Å²) >= 11 is 0. The fourth-order valence-corrected chi connectivity index (χ4v) is 2.36. The lowest BCUT2D eigenvalue weighted by Crippen LogP contribution is -2.36. The van der Waals surface area contributed by atoms with Crippen molar-refractivity contribution in [2.75, 3.05) is 12.4 Å². The molecule has 1 unspecified atom stereocenters. The molecule has 98 valence electrons. The Labute approximate surface area is 103 Å². The number of carbonyl (C=O) groups excluding carboxylic acids is 1. The zero-order valence-electron chi connectivity index (χ0n) is 10.2. The normalized spacial score (nSPS) is 12.8. The number of carbonyl (C=O) groups is 1. The number of ether oxygens (including phenoxy) is 1. The Kier molecular flexibility index (Phi) is 7.59. The van der Waals surface area contributed by atoms with Crippen molar-refractivity contribution in [3.05, 3.63) is 0 Å². The monoisotopic (exact) mass is 261 g/mol. The van der Waals surface area contributed by atoms with E-state index in [-0.39, 0.29) is 18.8 Å². The second kappa shape index (κ2) is 8.09. The van der Waals surface area contributed by atoms with Crippen LogP contribution >= 0.6 is 0 Å². The molecule has 0 radical (unpaired) electrons. The van der Waals surface area contributed by atoms with Gasteiger partial charge >= 0.3 is 5.97 Å². The average Bonchev–Trinajstić information content (AvgIpc) is 2.26. The number of nitrogens with one attached hydrogen (secondary N) is 1. The van der Waals surface area contributed by atoms with Crippen molar-refractivity contribution >= 4 is 16.0 Å². The molecule has 0 spiro atoms. The first-order chi connectivity index (χ1) is 7.95. The van der Waals surface area contributed by atoms with E-state index in [1.807, 2.05) is 6.92 Å². The Morgan fingerprint density at radius 2 is 2.12 bits per heavy atom. The van der Waals surface area contributed by atoms with Gasteiger partial charge in [0, 0.05) is 0 Å². The summed E-state index contributed by atoms with van der Waals surface area (Å²) in [6, 6.07) is -0.507. The molecule has 0 rings (SSSR count). The maximum atomic E-state index is 11.6. The summed E-state index contributed by atoms with van der Waals surface area (Å²) in [6.45, 7) is 3.83. The van der Waals surface area contributed by atoms with Crippen LogP contribution in [0.4, 0.5) is 0 Å². The molecule has 5 nitrogen and oxygen atoms in total. The van der Waals surface area contributed by atoms with Crippen molar-refractivity contribution in [1.82, 2.24) is 4.72 Å². The van der Waals surface area contributed by atoms with E-state index in [4.69, 9.17) is 6.42 Å². The second-order valence-electron chi connectivity index (χ2n) is 3.50. The standard InChI is InChI=1S/C11H19NO4S/c1-4-7-10(5-2)12-17(14,15)9-8-11(13)16-6-3/h2,10,12H,4,6-9H2,1,3H3. The third-order valence-corrected chi connectivity index (χ3v) is 3.37. The largest absolute Gasteiger partial charge is 0.466 e. The van der Waals surface area contributed by atoms with Crippen LogP contribution in [-0.4, -0.2) is 32.8 Å². The van der Waals surface area contributed by atoms with Gasteiger partial charge in [0.05, 0.1) is 24.8 Å². The Morgan fingerprint density at radius 3 is 2.59 bits per heavy atom. The first-order valence-corrected chi connectivity index (χ1v) is 7.22. The van der Waals surface area contributed by atoms with Gasteiger partial charge in [-0.05, 0) is 13.3 Å². The number of sulfonamides is 1. The van der Waals surface area contributed by atoms with E-state index in [0.29, 0.717) is 6.42 Å². The number of hydrogen-bond donors (Lipinski definition) is 1. The van der Waals surface area contributed by atoms with E-state index in [0.717, 1.165) is 6.42 Å². The van der Waals surface area contributed by atoms with Gasteiger partial charge in [-0.25, -0.2) is 13.1 Å². The lowest BCUT2D eigenvalue weighted by molar-refractivity contribution is -0.142. The fraction of sp³-hybridized carbons (Fsp3) is 0.727. The number of rotatable bonds is 8. The molecule has 0 saturated heterocycles. The zero-order valence-corrected chi connectivity index (χ0v) is 11.0. The maximum Gasteiger partial charge on any atom is 0.306 e. The van der Waals surface area contributed by atoms with Crippen molar-refractivity contribution in [2.45, 2.75) is 39.2 Å². The SMILES string of the molecule is C#CC(CCC)NS(=O)(=O)CCC(=O)OCC. The van der Waals surface area contributed by atoms with Crippen molar-refractivity contribution in [3.63, 3.8) is 0 Å². The molecule has 0 aliphatic carbocycles. The van der Waals surface area contributed by atoms with Crippen molar-refractivity contribution in [3.8, 4) is 12.3 Å². The minimum absolute atomic E-state index is 0.160. The molecule has 0 amide bonds. The van der Waals surface area contributed by atoms with Crippen LogP contribution in [0.5, 0.6) is 0 Å². The summed E-state index contributed by atoms with van der Waals surface area (Å²) in [5.41, 5.74) is 0. The highest BCUT2D eigenvalue weighted by Gasteiger charge is 2.17. The molecule has 0 aliphatic rings. The molecule has 0 heterocycles. The number of hydrogen-bond acceptors (Lipinski definition) is 4. The van der Waals surface area contributed by atoms with Crippen LogP contribution in [0, 0.1) is 12.3 Å². The molecule has 0 aliphatic heterocycles. The molecule has 0 aromatic carbocycles. The van der Waals surface area contributed by atoms with Gasteiger partial charge in [-0.1, -0.05) is 19.3 Å². The highest BCUT2D eigenvalue weighted by atomic mass is 32.2. The molecule has 0 fully saturated rings. The van der Waals surface area contributed by atoms with E-state index in [9.17, 15) is 13.2 Å². The summed E-state index contributed by atoms with van der Waals surface area (Å²) < 4.78 is 30.2. The molecular weight excluding hydrogens is 242 g/mol. The van der Waals surface area contributed by atoms with Crippen LogP contribution in [0.3, 0.4) is 0 Å². The van der Waals surface area contributed by atoms with Gasteiger partial charge in [-0.15, -0.1) is 6.42 Å². The molecule has 17 heavy (non-hydrogen) atoms. The molecule has 1 atom stereocenters. The van der Waals surface area contributed by atoms with Crippen molar-refractivity contribution in [1.29, 1.82) is 0 Å². The third kappa shape index (κ3) is 7.77. The van der Waals surface area contributed by atoms with Gasteiger partial charge in [0.25, 0.3) is 0 Å². The molecule has 6 heteroatoms. The van der Waals surface area contributed by atoms with Crippen LogP contribution in [0.25, 0.3) is 0 Å². The Bertz CT molecular complexity index is 369. The summed E-state index contributed by atoms with van der Waals surface area (Å²) in [6.07, 6.45) is 6.41. The lowest BCUT2D eigenvalue weighted by atomic mass is 10.2. The van der Waals surface area contributed by atoms with E-state index in [1.165, 1.54) is 0 Å². The minimum atomic E-state index is -3.52. The fourth-order valence-electron chi connectivity index (χ4n) is 1.19. The number of esters is 1. The van der Waals surface area contributed by atoms with Crippen LogP contribution in [0.2, 0.25) is 0 Å². The Morgan fingerprint density at radius 1 is 1.47 bits per heavy atom. The first kappa shape index (κ1) is 15.9. The van der Waals surface area contributed by atoms with Gasteiger partial charge in [-0.3, -0.25) is 4.79 Å². The maximum absolute atomic E-state index is 11.6. The quantitative estimate of drug-likeness (QED) is 0.514. The highest BCUT2D eigenvalue weighted by molar-refractivity contribution is 7.89. The van der Waals surface area contributed by atoms with E-state index in [1.54, 1.807) is 6.92 Å². The molecule has 1 N–H and O–H groups in total. The van der Waals surface area contributed by atoms with Gasteiger partial charge in [-0.2, -0.15) is 0 Å². The topological polar surface area (TPSA) is 72.5 Å². The predicted octanol–water partition coefficient (Wildman–Crippen LogP) is 0.661. The first-order valence-electron chi connectivity index (χ1n) is 5.57. The van der Waals surface area contributed by atoms with Gasteiger partial charge in [0.2, 0.25) is 10.0 Å². The zero-order chi connectivity index (χ0) is 13.3. The Hall–Kier alpha value is -1.06. The van der Waals surface area contributed by atoms with Crippen molar-refractivity contribution < 1.29 is 17.9 Å². The van der Waals surface area contributed by atoms with E-state index >= 15 is 0 Å². The summed E-state index contributed by atoms with van der Waals surface area (Å²) in [5.74, 6) is 1.54. The van der Waals surface area contributed by atoms with Gasteiger partial charge < -0.3 is 4.74 Å². The van der Waals surface area contributed by atoms with Crippen molar-refractivity contribution in [2.24, 2.45) is 0 Å². The highest BCUT2D eigenvalue weighted by Crippen LogP contribution is 2.00. The molecule has 0 aromatic heterocycles. The summed E-state index contributed by atoms with van der Waals surface area (Å²) in [7, 11) is -3.52. The molecular formula is C11H19NO4S. The van der Waals surface area contributed by atoms with Crippen LogP contribution in [0.15, 0.2) is 0 Å². The third-order valence-electron chi connectivity index (χ3n) is 1.98. The second-order valence-corrected chi connectivity index (χ2v) is 5.37. The minimum Gasteiger partial charge on any atom is -0.466 e. The van der Waals surface area contributed by atoms with E-state index < -0.39 is 22.0 Å². The van der Waals surface area contributed by atoms with E-state index in [2.05, 4.69) is 15.4 Å². The molecule has 0 saturated carbocycles. The van der Waals surface area contributed by atoms with Crippen LogP contribution < -0.4 is 4.72 Å². The molecule has 0 aromatic rings. The van der Waals surface area contributed by atoms with Crippen LogP contribution in [0.1, 0.15) is 33.1 Å². The summed E-state index contributed by atoms with van der Waals surface area (Å²) in [4.78, 5) is 11.0.